The van der Waals surface area contributed by atoms with Gasteiger partial charge in [0.25, 0.3) is 0 Å². The molecule has 0 aliphatic heterocycles. The minimum atomic E-state index is -0.351. The summed E-state index contributed by atoms with van der Waals surface area (Å²) in [6.45, 7) is 2.44. The molecule has 1 aromatic heterocycles. The van der Waals surface area contributed by atoms with E-state index in [4.69, 9.17) is 4.74 Å². The highest BCUT2D eigenvalue weighted by Crippen LogP contribution is 2.27. The number of carbonyl (C=O) groups is 1. The minimum absolute atomic E-state index is 0.351. The molecule has 2 N–H and O–H groups in total. The fourth-order valence-electron chi connectivity index (χ4n) is 2.19. The zero-order chi connectivity index (χ0) is 17.6. The average Bonchev–Trinajstić information content (AvgIpc) is 3.06. The highest BCUT2D eigenvalue weighted by Gasteiger charge is 2.10. The van der Waals surface area contributed by atoms with Crippen molar-refractivity contribution in [1.29, 1.82) is 0 Å². The van der Waals surface area contributed by atoms with E-state index in [2.05, 4.69) is 38.2 Å². The van der Waals surface area contributed by atoms with Crippen molar-refractivity contribution in [3.8, 4) is 17.0 Å². The van der Waals surface area contributed by atoms with Crippen molar-refractivity contribution in [2.45, 2.75) is 6.92 Å². The van der Waals surface area contributed by atoms with E-state index in [1.165, 1.54) is 14.9 Å². The molecule has 1 heterocycles. The van der Waals surface area contributed by atoms with Crippen LogP contribution in [-0.2, 0) is 0 Å². The van der Waals surface area contributed by atoms with Crippen molar-refractivity contribution in [3.05, 3.63) is 57.5 Å². The molecule has 0 saturated heterocycles. The van der Waals surface area contributed by atoms with Crippen LogP contribution in [0.4, 0.5) is 15.6 Å². The fourth-order valence-corrected chi connectivity index (χ4v) is 3.26. The van der Waals surface area contributed by atoms with Gasteiger partial charge in [-0.05, 0) is 53.8 Å². The van der Waals surface area contributed by atoms with Crippen LogP contribution in [0.25, 0.3) is 11.3 Å². The van der Waals surface area contributed by atoms with E-state index in [1.807, 2.05) is 54.8 Å². The highest BCUT2D eigenvalue weighted by atomic mass is 127. The molecule has 0 aliphatic rings. The number of amides is 2. The van der Waals surface area contributed by atoms with Crippen LogP contribution in [0.15, 0.2) is 53.9 Å². The van der Waals surface area contributed by atoms with Gasteiger partial charge in [-0.15, -0.1) is 11.3 Å². The number of nitrogens with one attached hydrogen (secondary N) is 2. The lowest BCUT2D eigenvalue weighted by Gasteiger charge is -2.11. The van der Waals surface area contributed by atoms with Crippen molar-refractivity contribution in [1.82, 2.24) is 4.98 Å². The lowest BCUT2D eigenvalue weighted by Crippen LogP contribution is -2.19. The van der Waals surface area contributed by atoms with Crippen LogP contribution in [0.5, 0.6) is 5.75 Å². The second-order valence-corrected chi connectivity index (χ2v) is 7.16. The molecule has 0 atom stereocenters. The van der Waals surface area contributed by atoms with Crippen molar-refractivity contribution in [2.75, 3.05) is 17.2 Å². The number of hydrogen-bond donors (Lipinski definition) is 2. The summed E-state index contributed by atoms with van der Waals surface area (Å²) >= 11 is 3.65. The molecule has 0 aliphatic carbocycles. The zero-order valence-corrected chi connectivity index (χ0v) is 16.4. The maximum absolute atomic E-state index is 12.2. The molecule has 0 unspecified atom stereocenters. The van der Waals surface area contributed by atoms with E-state index in [1.54, 1.807) is 6.07 Å². The Bertz CT molecular complexity index is 865. The van der Waals surface area contributed by atoms with Crippen LogP contribution in [0, 0.1) is 3.57 Å². The summed E-state index contributed by atoms with van der Waals surface area (Å²) in [6, 6.07) is 15.0. The standard InChI is InChI=1S/C18H16IN3O2S/c1-2-24-16-6-4-3-5-14(16)20-17(23)22-18-21-15(11-25-18)12-7-9-13(19)10-8-12/h3-11H,2H2,1H3,(H2,20,21,22,23). The number of hydrogen-bond acceptors (Lipinski definition) is 4. The van der Waals surface area contributed by atoms with E-state index in [0.29, 0.717) is 23.2 Å². The summed E-state index contributed by atoms with van der Waals surface area (Å²) in [6.07, 6.45) is 0. The second-order valence-electron chi connectivity index (χ2n) is 5.05. The van der Waals surface area contributed by atoms with Gasteiger partial charge < -0.3 is 10.1 Å². The Morgan fingerprint density at radius 2 is 1.92 bits per heavy atom. The van der Waals surface area contributed by atoms with Crippen LogP contribution in [0.1, 0.15) is 6.92 Å². The molecule has 0 bridgehead atoms. The largest absolute Gasteiger partial charge is 0.492 e. The summed E-state index contributed by atoms with van der Waals surface area (Å²) in [5, 5.41) is 8.02. The quantitative estimate of drug-likeness (QED) is 0.492. The first-order valence-electron chi connectivity index (χ1n) is 7.67. The normalized spacial score (nSPS) is 10.3. The number of rotatable bonds is 5. The van der Waals surface area contributed by atoms with Crippen molar-refractivity contribution in [3.63, 3.8) is 0 Å². The van der Waals surface area contributed by atoms with Crippen LogP contribution in [-0.4, -0.2) is 17.6 Å². The van der Waals surface area contributed by atoms with Gasteiger partial charge in [0, 0.05) is 14.5 Å². The lowest BCUT2D eigenvalue weighted by atomic mass is 10.2. The van der Waals surface area contributed by atoms with Gasteiger partial charge in [-0.25, -0.2) is 9.78 Å². The Balaban J connectivity index is 1.67. The Hall–Kier alpha value is -2.13. The maximum Gasteiger partial charge on any atom is 0.325 e. The number of para-hydroxylation sites is 2. The van der Waals surface area contributed by atoms with E-state index in [0.717, 1.165) is 11.3 Å². The molecule has 0 saturated carbocycles. The minimum Gasteiger partial charge on any atom is -0.492 e. The van der Waals surface area contributed by atoms with Gasteiger partial charge in [0.15, 0.2) is 5.13 Å². The fraction of sp³-hybridized carbons (Fsp3) is 0.111. The number of aromatic nitrogens is 1. The van der Waals surface area contributed by atoms with Gasteiger partial charge in [0.1, 0.15) is 5.75 Å². The van der Waals surface area contributed by atoms with Crippen LogP contribution in [0.2, 0.25) is 0 Å². The predicted octanol–water partition coefficient (Wildman–Crippen LogP) is 5.46. The van der Waals surface area contributed by atoms with Gasteiger partial charge in [0.05, 0.1) is 18.0 Å². The number of anilines is 2. The van der Waals surface area contributed by atoms with Crippen LogP contribution >= 0.6 is 33.9 Å². The van der Waals surface area contributed by atoms with Crippen molar-refractivity contribution >= 4 is 50.8 Å². The Morgan fingerprint density at radius 1 is 1.16 bits per heavy atom. The number of halogens is 1. The molecule has 0 radical (unpaired) electrons. The molecule has 128 valence electrons. The van der Waals surface area contributed by atoms with Crippen LogP contribution < -0.4 is 15.4 Å². The van der Waals surface area contributed by atoms with E-state index in [9.17, 15) is 4.79 Å². The number of urea groups is 1. The Labute approximate surface area is 163 Å². The van der Waals surface area contributed by atoms with Gasteiger partial charge in [0.2, 0.25) is 0 Å². The molecular weight excluding hydrogens is 449 g/mol. The number of benzene rings is 2. The van der Waals surface area contributed by atoms with Crippen molar-refractivity contribution < 1.29 is 9.53 Å². The smallest absolute Gasteiger partial charge is 0.325 e. The van der Waals surface area contributed by atoms with Gasteiger partial charge >= 0.3 is 6.03 Å². The summed E-state index contributed by atoms with van der Waals surface area (Å²) in [7, 11) is 0. The molecule has 2 amide bonds. The monoisotopic (exact) mass is 465 g/mol. The molecule has 3 rings (SSSR count). The van der Waals surface area contributed by atoms with E-state index >= 15 is 0 Å². The van der Waals surface area contributed by atoms with Crippen LogP contribution in [0.3, 0.4) is 0 Å². The molecule has 5 nitrogen and oxygen atoms in total. The predicted molar refractivity (Wildman–Crippen MR) is 111 cm³/mol. The highest BCUT2D eigenvalue weighted by molar-refractivity contribution is 14.1. The molecule has 0 fully saturated rings. The molecule has 25 heavy (non-hydrogen) atoms. The van der Waals surface area contributed by atoms with Gasteiger partial charge in [-0.1, -0.05) is 24.3 Å². The molecule has 7 heteroatoms. The van der Waals surface area contributed by atoms with Gasteiger partial charge in [-0.3, -0.25) is 5.32 Å². The third kappa shape index (κ3) is 4.70. The van der Waals surface area contributed by atoms with Gasteiger partial charge in [-0.2, -0.15) is 0 Å². The first-order valence-corrected chi connectivity index (χ1v) is 9.63. The zero-order valence-electron chi connectivity index (χ0n) is 13.5. The lowest BCUT2D eigenvalue weighted by molar-refractivity contribution is 0.262. The Morgan fingerprint density at radius 3 is 2.68 bits per heavy atom. The molecule has 3 aromatic rings. The average molecular weight is 465 g/mol. The number of carbonyl (C=O) groups excluding carboxylic acids is 1. The topological polar surface area (TPSA) is 63.2 Å². The van der Waals surface area contributed by atoms with Crippen molar-refractivity contribution in [2.24, 2.45) is 0 Å². The van der Waals surface area contributed by atoms with E-state index < -0.39 is 0 Å². The van der Waals surface area contributed by atoms with E-state index in [-0.39, 0.29) is 6.03 Å². The summed E-state index contributed by atoms with van der Waals surface area (Å²) in [5.74, 6) is 0.638. The summed E-state index contributed by atoms with van der Waals surface area (Å²) in [4.78, 5) is 16.7. The molecule has 2 aromatic carbocycles. The SMILES string of the molecule is CCOc1ccccc1NC(=O)Nc1nc(-c2ccc(I)cc2)cs1. The maximum atomic E-state index is 12.2. The number of thiazole rings is 1. The second kappa shape index (κ2) is 8.30. The molecular formula is C18H16IN3O2S. The molecule has 0 spiro atoms. The first kappa shape index (κ1) is 17.7. The summed E-state index contributed by atoms with van der Waals surface area (Å²) < 4.78 is 6.67. The number of ether oxygens (including phenoxy) is 1. The number of nitrogens with zero attached hydrogens (tertiary/aromatic N) is 1. The first-order chi connectivity index (χ1) is 12.2. The Kier molecular flexibility index (Phi) is 5.87. The third-order valence-corrected chi connectivity index (χ3v) is 4.78. The third-order valence-electron chi connectivity index (χ3n) is 3.30. The summed E-state index contributed by atoms with van der Waals surface area (Å²) in [5.41, 5.74) is 2.48.